The predicted molar refractivity (Wildman–Crippen MR) is 89.6 cm³/mol. The van der Waals surface area contributed by atoms with Crippen LogP contribution < -0.4 is 0 Å². The lowest BCUT2D eigenvalue weighted by atomic mass is 9.67. The van der Waals surface area contributed by atoms with E-state index >= 15 is 0 Å². The maximum atomic E-state index is 10.9. The van der Waals surface area contributed by atoms with Crippen LogP contribution in [0.25, 0.3) is 0 Å². The van der Waals surface area contributed by atoms with Crippen LogP contribution in [-0.2, 0) is 0 Å². The average Bonchev–Trinajstić information content (AvgIpc) is 2.37. The van der Waals surface area contributed by atoms with E-state index in [0.29, 0.717) is 0 Å². The van der Waals surface area contributed by atoms with Gasteiger partial charge in [-0.2, -0.15) is 0 Å². The summed E-state index contributed by atoms with van der Waals surface area (Å²) in [5, 5.41) is 51.9. The first-order chi connectivity index (χ1) is 9.33. The van der Waals surface area contributed by atoms with Gasteiger partial charge in [0.25, 0.3) is 0 Å². The maximum absolute atomic E-state index is 10.9. The van der Waals surface area contributed by atoms with Gasteiger partial charge in [-0.25, -0.2) is 0 Å². The van der Waals surface area contributed by atoms with Crippen LogP contribution in [0.15, 0.2) is 0 Å². The van der Waals surface area contributed by atoms with Crippen molar-refractivity contribution in [2.75, 3.05) is 18.1 Å². The van der Waals surface area contributed by atoms with Gasteiger partial charge in [0, 0.05) is 0 Å². The van der Waals surface area contributed by atoms with E-state index in [-0.39, 0.29) is 4.58 Å². The zero-order chi connectivity index (χ0) is 17.1. The van der Waals surface area contributed by atoms with Gasteiger partial charge in [-0.05, 0) is 39.2 Å². The van der Waals surface area contributed by atoms with E-state index in [4.69, 9.17) is 0 Å². The highest BCUT2D eigenvalue weighted by molar-refractivity contribution is 8.17. The van der Waals surface area contributed by atoms with Crippen molar-refractivity contribution in [2.45, 2.75) is 68.5 Å². The monoisotopic (exact) mass is 342 g/mol. The van der Waals surface area contributed by atoms with Gasteiger partial charge in [-0.15, -0.1) is 23.5 Å². The molecule has 0 fully saturated rings. The molecule has 5 N–H and O–H groups in total. The molecular weight excluding hydrogens is 312 g/mol. The summed E-state index contributed by atoms with van der Waals surface area (Å²) in [6.45, 7) is 8.34. The molecule has 21 heavy (non-hydrogen) atoms. The molecule has 0 aromatic rings. The number of rotatable bonds is 9. The quantitative estimate of drug-likeness (QED) is 0.395. The van der Waals surface area contributed by atoms with Gasteiger partial charge in [-0.3, -0.25) is 0 Å². The zero-order valence-corrected chi connectivity index (χ0v) is 15.4. The average molecular weight is 343 g/mol. The van der Waals surface area contributed by atoms with E-state index in [1.807, 2.05) is 13.8 Å². The highest BCUT2D eigenvalue weighted by Gasteiger charge is 2.63. The highest BCUT2D eigenvalue weighted by atomic mass is 32.2. The van der Waals surface area contributed by atoms with Crippen molar-refractivity contribution in [1.82, 2.24) is 0 Å². The van der Waals surface area contributed by atoms with Crippen LogP contribution in [0.4, 0.5) is 0 Å². The fourth-order valence-electron chi connectivity index (χ4n) is 2.08. The van der Waals surface area contributed by atoms with Gasteiger partial charge in [0.15, 0.2) is 0 Å². The first-order valence-electron chi connectivity index (χ1n) is 7.07. The minimum atomic E-state index is -2.11. The van der Waals surface area contributed by atoms with Crippen LogP contribution in [0.2, 0.25) is 0 Å². The molecule has 4 unspecified atom stereocenters. The van der Waals surface area contributed by atoms with Crippen molar-refractivity contribution in [3.05, 3.63) is 0 Å². The molecule has 0 aromatic heterocycles. The molecule has 0 saturated carbocycles. The number of aliphatic hydroxyl groups excluding tert-OH is 1. The van der Waals surface area contributed by atoms with Crippen LogP contribution in [-0.4, -0.2) is 70.6 Å². The SMILES string of the molecule is CCSC(SCC)C(C)(O)C(C)(O)C(C)(O)C(C)(O)CO. The summed E-state index contributed by atoms with van der Waals surface area (Å²) in [6, 6.07) is 0. The second-order valence-corrected chi connectivity index (χ2v) is 9.03. The predicted octanol–water partition coefficient (Wildman–Crippen LogP) is 0.815. The molecule has 128 valence electrons. The van der Waals surface area contributed by atoms with E-state index in [1.54, 1.807) is 0 Å². The molecule has 0 spiro atoms. The third-order valence-electron chi connectivity index (χ3n) is 4.39. The topological polar surface area (TPSA) is 101 Å². The maximum Gasteiger partial charge on any atom is 0.124 e. The lowest BCUT2D eigenvalue weighted by Crippen LogP contribution is -2.74. The number of aliphatic hydroxyl groups is 5. The van der Waals surface area contributed by atoms with E-state index in [2.05, 4.69) is 0 Å². The van der Waals surface area contributed by atoms with Gasteiger partial charge in [0.05, 0.1) is 11.2 Å². The Bertz CT molecular complexity index is 323. The standard InChI is InChI=1S/C14H30O5S2/c1-7-20-10(21-8-2)12(4,17)14(6,19)13(5,18)11(3,16)9-15/h10,15-19H,7-9H2,1-6H3. The van der Waals surface area contributed by atoms with Crippen LogP contribution in [0.1, 0.15) is 41.5 Å². The second kappa shape index (κ2) is 7.38. The third kappa shape index (κ3) is 3.88. The molecule has 0 saturated heterocycles. The number of hydrogen-bond acceptors (Lipinski definition) is 7. The van der Waals surface area contributed by atoms with Crippen molar-refractivity contribution in [3.8, 4) is 0 Å². The Morgan fingerprint density at radius 1 is 0.810 bits per heavy atom. The van der Waals surface area contributed by atoms with Gasteiger partial charge < -0.3 is 25.5 Å². The molecule has 0 heterocycles. The first kappa shape index (κ1) is 21.5. The van der Waals surface area contributed by atoms with Crippen molar-refractivity contribution in [3.63, 3.8) is 0 Å². The molecule has 5 nitrogen and oxygen atoms in total. The molecule has 7 heteroatoms. The largest absolute Gasteiger partial charge is 0.393 e. The normalized spacial score (nSPS) is 24.0. The fraction of sp³-hybridized carbons (Fsp3) is 1.00. The Balaban J connectivity index is 5.72. The lowest BCUT2D eigenvalue weighted by Gasteiger charge is -2.54. The molecule has 0 bridgehead atoms. The van der Waals surface area contributed by atoms with Crippen LogP contribution in [0, 0.1) is 0 Å². The van der Waals surface area contributed by atoms with Gasteiger partial charge in [-0.1, -0.05) is 13.8 Å². The minimum Gasteiger partial charge on any atom is -0.393 e. The Hall–Kier alpha value is 0.500. The second-order valence-electron chi connectivity index (χ2n) is 5.97. The molecule has 0 amide bonds. The summed E-state index contributed by atoms with van der Waals surface area (Å²) < 4.78 is -0.386. The number of thioether (sulfide) groups is 2. The zero-order valence-electron chi connectivity index (χ0n) is 13.8. The summed E-state index contributed by atoms with van der Waals surface area (Å²) in [7, 11) is 0. The molecule has 4 atom stereocenters. The molecule has 0 rings (SSSR count). The molecule has 0 radical (unpaired) electrons. The van der Waals surface area contributed by atoms with E-state index in [9.17, 15) is 25.5 Å². The molecule has 0 aliphatic carbocycles. The Morgan fingerprint density at radius 2 is 1.19 bits per heavy atom. The summed E-state index contributed by atoms with van der Waals surface area (Å²) in [5.74, 6) is 1.48. The molecule has 0 aliphatic rings. The summed E-state index contributed by atoms with van der Waals surface area (Å²) in [5.41, 5.74) is -7.80. The highest BCUT2D eigenvalue weighted by Crippen LogP contribution is 2.46. The molecular formula is C14H30O5S2. The summed E-state index contributed by atoms with van der Waals surface area (Å²) >= 11 is 2.93. The fourth-order valence-corrected chi connectivity index (χ4v) is 4.99. The molecule has 0 aromatic carbocycles. The first-order valence-corrected chi connectivity index (χ1v) is 9.16. The van der Waals surface area contributed by atoms with Crippen LogP contribution >= 0.6 is 23.5 Å². The Morgan fingerprint density at radius 3 is 1.48 bits per heavy atom. The Kier molecular flexibility index (Phi) is 7.56. The lowest BCUT2D eigenvalue weighted by molar-refractivity contribution is -0.281. The minimum absolute atomic E-state index is 0.386. The van der Waals surface area contributed by atoms with Crippen molar-refractivity contribution < 1.29 is 25.5 Å². The van der Waals surface area contributed by atoms with Gasteiger partial charge in [0.2, 0.25) is 0 Å². The van der Waals surface area contributed by atoms with Gasteiger partial charge in [0.1, 0.15) is 22.4 Å². The third-order valence-corrected chi connectivity index (χ3v) is 7.39. The van der Waals surface area contributed by atoms with Crippen molar-refractivity contribution >= 4 is 23.5 Å². The summed E-state index contributed by atoms with van der Waals surface area (Å²) in [6.07, 6.45) is 0. The number of hydrogen-bond donors (Lipinski definition) is 5. The van der Waals surface area contributed by atoms with E-state index in [1.165, 1.54) is 51.2 Å². The van der Waals surface area contributed by atoms with E-state index in [0.717, 1.165) is 11.5 Å². The molecule has 0 aliphatic heterocycles. The van der Waals surface area contributed by atoms with E-state index < -0.39 is 29.0 Å². The van der Waals surface area contributed by atoms with Crippen molar-refractivity contribution in [1.29, 1.82) is 0 Å². The van der Waals surface area contributed by atoms with Crippen molar-refractivity contribution in [2.24, 2.45) is 0 Å². The van der Waals surface area contributed by atoms with Crippen LogP contribution in [0.5, 0.6) is 0 Å². The smallest absolute Gasteiger partial charge is 0.124 e. The van der Waals surface area contributed by atoms with Crippen LogP contribution in [0.3, 0.4) is 0 Å². The van der Waals surface area contributed by atoms with Gasteiger partial charge >= 0.3 is 0 Å². The Labute approximate surface area is 136 Å². The summed E-state index contributed by atoms with van der Waals surface area (Å²) in [4.78, 5) is 0.